The molecule has 0 aromatic heterocycles. The van der Waals surface area contributed by atoms with Gasteiger partial charge in [0.2, 0.25) is 15.9 Å². The molecule has 19 heteroatoms. The number of sulfonamides is 3. The average Bonchev–Trinajstić information content (AvgIpc) is 3.70. The van der Waals surface area contributed by atoms with E-state index in [1.165, 1.54) is 72.6 Å². The maximum Gasteiger partial charge on any atom is 0.297 e. The van der Waals surface area contributed by atoms with Gasteiger partial charge in [-0.1, -0.05) is 46.0 Å². The molecule has 2 fully saturated rings. The number of hydrogen-bond donors (Lipinski definition) is 1. The first-order valence-corrected chi connectivity index (χ1v) is 23.0. The molecule has 2 amide bonds. The smallest absolute Gasteiger partial charge is 0.297 e. The Labute approximate surface area is 328 Å². The number of anilines is 2. The summed E-state index contributed by atoms with van der Waals surface area (Å²) in [4.78, 5) is 27.4. The molecule has 0 aliphatic carbocycles. The van der Waals surface area contributed by atoms with Crippen molar-refractivity contribution in [1.29, 1.82) is 0 Å². The van der Waals surface area contributed by atoms with E-state index in [0.29, 0.717) is 15.9 Å². The monoisotopic (exact) mass is 846 g/mol. The summed E-state index contributed by atoms with van der Waals surface area (Å²) in [6, 6.07) is 23.3. The summed E-state index contributed by atoms with van der Waals surface area (Å²) in [5.74, 6) is -0.444. The second kappa shape index (κ2) is 16.5. The summed E-state index contributed by atoms with van der Waals surface area (Å²) in [5, 5.41) is 0. The predicted octanol–water partition coefficient (Wildman–Crippen LogP) is 3.79. The topological polar surface area (TPSA) is 202 Å². The van der Waals surface area contributed by atoms with Gasteiger partial charge in [-0.3, -0.25) is 13.8 Å². The minimum absolute atomic E-state index is 0.0470. The number of amides is 2. The lowest BCUT2D eigenvalue weighted by molar-refractivity contribution is -0.122. The molecule has 2 saturated heterocycles. The van der Waals surface area contributed by atoms with Crippen molar-refractivity contribution >= 4 is 63.4 Å². The summed E-state index contributed by atoms with van der Waals surface area (Å²) in [6.45, 7) is 6.34. The number of nitrogens with zero attached hydrogens (tertiary/aromatic N) is 3. The highest BCUT2D eigenvalue weighted by Crippen LogP contribution is 2.30. The highest BCUT2D eigenvalue weighted by molar-refractivity contribution is 8.04. The van der Waals surface area contributed by atoms with Crippen molar-refractivity contribution in [2.45, 2.75) is 59.3 Å². The van der Waals surface area contributed by atoms with Gasteiger partial charge < -0.3 is 9.80 Å². The minimum Gasteiger partial charge on any atom is -0.312 e. The SMILES string of the molecule is CNS(=O)(=O)c1ccc(N2CCC(C)C2=O)cc1.Cc1ccc(S(=O)(=O)O[C@@H]2CCN(c3ccc(S(=O)(=O)N(C)S(=O)(=O)c4ccc(C)cc4)cc3)C2=O)cc1. The van der Waals surface area contributed by atoms with E-state index in [1.807, 2.05) is 13.8 Å². The van der Waals surface area contributed by atoms with Crippen LogP contribution in [0.2, 0.25) is 0 Å². The van der Waals surface area contributed by atoms with Gasteiger partial charge in [0.15, 0.2) is 6.10 Å². The number of benzene rings is 4. The molecule has 4 aromatic rings. The third-order valence-corrected chi connectivity index (χ3v) is 16.4. The van der Waals surface area contributed by atoms with Crippen molar-refractivity contribution < 1.29 is 47.4 Å². The average molecular weight is 847 g/mol. The van der Waals surface area contributed by atoms with Crippen LogP contribution >= 0.6 is 0 Å². The van der Waals surface area contributed by atoms with Crippen LogP contribution in [0.25, 0.3) is 0 Å². The van der Waals surface area contributed by atoms with Crippen LogP contribution in [0.1, 0.15) is 30.9 Å². The highest BCUT2D eigenvalue weighted by Gasteiger charge is 2.38. The van der Waals surface area contributed by atoms with Crippen LogP contribution in [0.3, 0.4) is 0 Å². The first kappa shape index (κ1) is 42.6. The zero-order valence-electron chi connectivity index (χ0n) is 31.2. The van der Waals surface area contributed by atoms with Gasteiger partial charge in [0, 0.05) is 43.9 Å². The van der Waals surface area contributed by atoms with Gasteiger partial charge in [0.05, 0.1) is 19.6 Å². The predicted molar refractivity (Wildman–Crippen MR) is 209 cm³/mol. The molecule has 2 aliphatic heterocycles. The minimum atomic E-state index is -4.44. The lowest BCUT2D eigenvalue weighted by Gasteiger charge is -2.19. The summed E-state index contributed by atoms with van der Waals surface area (Å²) in [7, 11) is -14.0. The molecule has 0 bridgehead atoms. The number of hydrogen-bond acceptors (Lipinski definition) is 11. The molecule has 6 rings (SSSR count). The molecule has 4 aromatic carbocycles. The van der Waals surface area contributed by atoms with E-state index in [4.69, 9.17) is 4.18 Å². The first-order chi connectivity index (χ1) is 26.2. The van der Waals surface area contributed by atoms with Crippen LogP contribution in [0.5, 0.6) is 0 Å². The van der Waals surface area contributed by atoms with E-state index < -0.39 is 52.2 Å². The van der Waals surface area contributed by atoms with Crippen LogP contribution in [-0.2, 0) is 54.0 Å². The molecule has 0 spiro atoms. The van der Waals surface area contributed by atoms with Gasteiger partial charge in [0.25, 0.3) is 36.1 Å². The molecule has 0 saturated carbocycles. The van der Waals surface area contributed by atoms with E-state index in [2.05, 4.69) is 4.72 Å². The van der Waals surface area contributed by atoms with Crippen molar-refractivity contribution in [3.05, 3.63) is 108 Å². The fourth-order valence-electron chi connectivity index (χ4n) is 5.85. The van der Waals surface area contributed by atoms with Crippen molar-refractivity contribution in [1.82, 2.24) is 8.43 Å². The zero-order valence-corrected chi connectivity index (χ0v) is 34.5. The van der Waals surface area contributed by atoms with Gasteiger partial charge in [0.1, 0.15) is 0 Å². The second-order valence-electron chi connectivity index (χ2n) is 13.2. The third kappa shape index (κ3) is 9.04. The summed E-state index contributed by atoms with van der Waals surface area (Å²) >= 11 is 0. The lowest BCUT2D eigenvalue weighted by Crippen LogP contribution is -2.33. The summed E-state index contributed by atoms with van der Waals surface area (Å²) in [5.41, 5.74) is 2.76. The van der Waals surface area contributed by atoms with Crippen LogP contribution in [0.15, 0.2) is 117 Å². The van der Waals surface area contributed by atoms with Crippen molar-refractivity contribution in [2.24, 2.45) is 5.92 Å². The van der Waals surface area contributed by atoms with Crippen LogP contribution in [0.4, 0.5) is 11.4 Å². The Balaban J connectivity index is 0.000000278. The number of nitrogens with one attached hydrogen (secondary N) is 1. The molecule has 2 heterocycles. The summed E-state index contributed by atoms with van der Waals surface area (Å²) in [6.07, 6.45) is -0.271. The van der Waals surface area contributed by atoms with Crippen molar-refractivity contribution in [2.75, 3.05) is 37.0 Å². The Hall–Kier alpha value is -4.50. The lowest BCUT2D eigenvalue weighted by atomic mass is 10.1. The fraction of sp³-hybridized carbons (Fsp3) is 0.297. The highest BCUT2D eigenvalue weighted by atomic mass is 32.3. The Morgan fingerprint density at radius 3 is 1.41 bits per heavy atom. The molecule has 56 heavy (non-hydrogen) atoms. The van der Waals surface area contributed by atoms with Crippen LogP contribution in [-0.4, -0.2) is 82.5 Å². The van der Waals surface area contributed by atoms with Gasteiger partial charge in [-0.2, -0.15) is 8.42 Å². The maximum absolute atomic E-state index is 13.1. The van der Waals surface area contributed by atoms with Crippen molar-refractivity contribution in [3.8, 4) is 0 Å². The van der Waals surface area contributed by atoms with E-state index in [1.54, 1.807) is 48.2 Å². The first-order valence-electron chi connectivity index (χ1n) is 17.3. The Morgan fingerprint density at radius 1 is 0.589 bits per heavy atom. The molecule has 2 atom stereocenters. The van der Waals surface area contributed by atoms with Crippen LogP contribution in [0, 0.1) is 19.8 Å². The van der Waals surface area contributed by atoms with E-state index in [-0.39, 0.29) is 44.4 Å². The van der Waals surface area contributed by atoms with E-state index >= 15 is 0 Å². The maximum atomic E-state index is 13.1. The molecule has 2 aliphatic rings. The van der Waals surface area contributed by atoms with Gasteiger partial charge in [-0.15, -0.1) is 0 Å². The molecule has 15 nitrogen and oxygen atoms in total. The van der Waals surface area contributed by atoms with Gasteiger partial charge >= 0.3 is 0 Å². The molecular formula is C37H42N4O11S4. The Kier molecular flexibility index (Phi) is 12.6. The molecule has 300 valence electrons. The van der Waals surface area contributed by atoms with E-state index in [9.17, 15) is 43.3 Å². The Morgan fingerprint density at radius 2 is 0.982 bits per heavy atom. The molecule has 1 unspecified atom stereocenters. The summed E-state index contributed by atoms with van der Waals surface area (Å²) < 4.78 is 108. The number of aryl methyl sites for hydroxylation is 2. The number of carbonyl (C=O) groups excluding carboxylic acids is 2. The second-order valence-corrected chi connectivity index (χ2v) is 20.8. The number of rotatable bonds is 11. The molecular weight excluding hydrogens is 805 g/mol. The van der Waals surface area contributed by atoms with Gasteiger partial charge in [-0.05, 0) is 100 Å². The quantitative estimate of drug-likeness (QED) is 0.215. The number of carbonyl (C=O) groups is 2. The molecule has 1 N–H and O–H groups in total. The zero-order chi connectivity index (χ0) is 41.2. The van der Waals surface area contributed by atoms with E-state index in [0.717, 1.165) is 30.3 Å². The largest absolute Gasteiger partial charge is 0.312 e. The molecule has 0 radical (unpaired) electrons. The van der Waals surface area contributed by atoms with Crippen molar-refractivity contribution in [3.63, 3.8) is 0 Å². The normalized spacial score (nSPS) is 18.0. The Bertz CT molecular complexity index is 2530. The van der Waals surface area contributed by atoms with Crippen LogP contribution < -0.4 is 14.5 Å². The van der Waals surface area contributed by atoms with Gasteiger partial charge in [-0.25, -0.2) is 30.0 Å². The fourth-order valence-corrected chi connectivity index (χ4v) is 10.7. The standard InChI is InChI=1S/C25H26N2O8S3.C12H16N2O3S/c1-18-4-10-21(11-5-18)36(29,30)26(3)37(31,32)22-14-8-20(9-15-22)27-17-16-24(25(27)28)35-38(33,34)23-12-6-19(2)7-13-23;1-9-7-8-14(12(9)15)10-3-5-11(6-4-10)18(16,17)13-2/h4-15,24H,16-17H2,1-3H3;3-6,9,13H,7-8H2,1-2H3/t24-;/m1./s1. The third-order valence-electron chi connectivity index (χ3n) is 9.35.